The number of aromatic nitrogens is 3. The molecule has 0 atom stereocenters. The van der Waals surface area contributed by atoms with Crippen LogP contribution in [0.3, 0.4) is 0 Å². The number of aryl methyl sites for hydroxylation is 1. The van der Waals surface area contributed by atoms with Crippen LogP contribution in [0.4, 0.5) is 0 Å². The van der Waals surface area contributed by atoms with Crippen LogP contribution in [0.25, 0.3) is 11.4 Å². The van der Waals surface area contributed by atoms with Crippen LogP contribution >= 0.6 is 0 Å². The molecule has 0 aliphatic heterocycles. The average molecular weight is 444 g/mol. The van der Waals surface area contributed by atoms with Gasteiger partial charge >= 0.3 is 0 Å². The third-order valence-corrected chi connectivity index (χ3v) is 4.88. The van der Waals surface area contributed by atoms with Gasteiger partial charge in [0.2, 0.25) is 17.6 Å². The summed E-state index contributed by atoms with van der Waals surface area (Å²) in [5, 5.41) is 6.90. The lowest BCUT2D eigenvalue weighted by molar-refractivity contribution is -0.121. The van der Waals surface area contributed by atoms with Crippen molar-refractivity contribution >= 4 is 5.91 Å². The lowest BCUT2D eigenvalue weighted by Gasteiger charge is -2.09. The van der Waals surface area contributed by atoms with E-state index < -0.39 is 0 Å². The summed E-state index contributed by atoms with van der Waals surface area (Å²) in [6.07, 6.45) is 2.35. The lowest BCUT2D eigenvalue weighted by atomic mass is 10.2. The smallest absolute Gasteiger partial charge is 0.227 e. The standard InChI is InChI=1S/C25H24N4O4/c1-31-21-10-8-19(9-11-21)25-28-24(33-29-25)13-12-23(30)27-16-18-5-4-7-22(15-18)32-17-20-6-2-3-14-26-20/h2-11,14-15H,12-13,16-17H2,1H3,(H,27,30). The van der Waals surface area contributed by atoms with E-state index in [1.807, 2.05) is 66.7 Å². The molecule has 4 aromatic rings. The predicted molar refractivity (Wildman–Crippen MR) is 121 cm³/mol. The highest BCUT2D eigenvalue weighted by atomic mass is 16.5. The van der Waals surface area contributed by atoms with Crippen LogP contribution in [0, 0.1) is 0 Å². The number of ether oxygens (including phenoxy) is 2. The van der Waals surface area contributed by atoms with Gasteiger partial charge in [0.05, 0.1) is 12.8 Å². The Morgan fingerprint density at radius 1 is 1.03 bits per heavy atom. The van der Waals surface area contributed by atoms with Gasteiger partial charge in [-0.05, 0) is 54.1 Å². The Balaban J connectivity index is 1.23. The van der Waals surface area contributed by atoms with E-state index in [0.717, 1.165) is 28.3 Å². The van der Waals surface area contributed by atoms with E-state index in [1.165, 1.54) is 0 Å². The number of nitrogens with one attached hydrogen (secondary N) is 1. The first-order chi connectivity index (χ1) is 16.2. The van der Waals surface area contributed by atoms with Crippen molar-refractivity contribution < 1.29 is 18.8 Å². The van der Waals surface area contributed by atoms with Crippen LogP contribution in [0.15, 0.2) is 77.4 Å². The Hall–Kier alpha value is -4.20. The van der Waals surface area contributed by atoms with Crippen LogP contribution in [-0.4, -0.2) is 28.1 Å². The molecule has 0 bridgehead atoms. The number of benzene rings is 2. The van der Waals surface area contributed by atoms with E-state index in [4.69, 9.17) is 14.0 Å². The maximum atomic E-state index is 12.3. The molecule has 2 aromatic carbocycles. The second kappa shape index (κ2) is 10.9. The molecule has 0 radical (unpaired) electrons. The molecule has 168 valence electrons. The van der Waals surface area contributed by atoms with Gasteiger partial charge in [-0.2, -0.15) is 4.98 Å². The zero-order chi connectivity index (χ0) is 22.9. The molecule has 0 unspecified atom stereocenters. The van der Waals surface area contributed by atoms with Crippen LogP contribution in [-0.2, 0) is 24.4 Å². The summed E-state index contributed by atoms with van der Waals surface area (Å²) < 4.78 is 16.2. The Morgan fingerprint density at radius 2 is 1.91 bits per heavy atom. The van der Waals surface area contributed by atoms with E-state index >= 15 is 0 Å². The second-order valence-electron chi connectivity index (χ2n) is 7.27. The van der Waals surface area contributed by atoms with Crippen molar-refractivity contribution in [2.24, 2.45) is 0 Å². The molecule has 4 rings (SSSR count). The van der Waals surface area contributed by atoms with Crippen molar-refractivity contribution in [1.29, 1.82) is 0 Å². The zero-order valence-electron chi connectivity index (χ0n) is 18.2. The average Bonchev–Trinajstić information content (AvgIpc) is 3.35. The summed E-state index contributed by atoms with van der Waals surface area (Å²) in [6, 6.07) is 20.7. The number of hydrogen-bond acceptors (Lipinski definition) is 7. The van der Waals surface area contributed by atoms with E-state index in [-0.39, 0.29) is 12.3 Å². The normalized spacial score (nSPS) is 10.6. The molecule has 0 saturated heterocycles. The van der Waals surface area contributed by atoms with Crippen LogP contribution in [0.5, 0.6) is 11.5 Å². The Labute approximate surface area is 191 Å². The zero-order valence-corrected chi connectivity index (χ0v) is 18.2. The van der Waals surface area contributed by atoms with Gasteiger partial charge in [-0.25, -0.2) is 0 Å². The summed E-state index contributed by atoms with van der Waals surface area (Å²) in [4.78, 5) is 20.9. The predicted octanol–water partition coefficient (Wildman–Crippen LogP) is 3.97. The van der Waals surface area contributed by atoms with Crippen molar-refractivity contribution in [3.63, 3.8) is 0 Å². The van der Waals surface area contributed by atoms with Gasteiger partial charge in [0.25, 0.3) is 0 Å². The van der Waals surface area contributed by atoms with Gasteiger partial charge in [0, 0.05) is 31.1 Å². The molecule has 0 aliphatic carbocycles. The minimum absolute atomic E-state index is 0.0981. The monoisotopic (exact) mass is 444 g/mol. The Kier molecular flexibility index (Phi) is 7.27. The quantitative estimate of drug-likeness (QED) is 0.395. The van der Waals surface area contributed by atoms with Gasteiger partial charge in [-0.1, -0.05) is 23.4 Å². The van der Waals surface area contributed by atoms with E-state index in [2.05, 4.69) is 20.4 Å². The number of carbonyl (C=O) groups is 1. The van der Waals surface area contributed by atoms with E-state index in [0.29, 0.717) is 31.3 Å². The fourth-order valence-electron chi connectivity index (χ4n) is 3.11. The molecule has 8 nitrogen and oxygen atoms in total. The molecule has 1 N–H and O–H groups in total. The van der Waals surface area contributed by atoms with E-state index in [1.54, 1.807) is 13.3 Å². The first-order valence-corrected chi connectivity index (χ1v) is 10.5. The molecule has 0 spiro atoms. The van der Waals surface area contributed by atoms with Gasteiger partial charge < -0.3 is 19.3 Å². The number of amides is 1. The third kappa shape index (κ3) is 6.39. The number of methoxy groups -OCH3 is 1. The van der Waals surface area contributed by atoms with Crippen LogP contribution in [0.1, 0.15) is 23.6 Å². The van der Waals surface area contributed by atoms with Crippen molar-refractivity contribution in [3.8, 4) is 22.9 Å². The molecular weight excluding hydrogens is 420 g/mol. The molecule has 2 aromatic heterocycles. The number of nitrogens with zero attached hydrogens (tertiary/aromatic N) is 3. The SMILES string of the molecule is COc1ccc(-c2noc(CCC(=O)NCc3cccc(OCc4ccccn4)c3)n2)cc1. The molecule has 0 fully saturated rings. The number of carbonyl (C=O) groups excluding carboxylic acids is 1. The number of pyridine rings is 1. The molecule has 0 aliphatic rings. The summed E-state index contributed by atoms with van der Waals surface area (Å²) in [7, 11) is 1.61. The van der Waals surface area contributed by atoms with Gasteiger partial charge in [0.1, 0.15) is 18.1 Å². The Morgan fingerprint density at radius 3 is 2.70 bits per heavy atom. The Bertz CT molecular complexity index is 1180. The van der Waals surface area contributed by atoms with Gasteiger partial charge in [0.15, 0.2) is 0 Å². The van der Waals surface area contributed by atoms with Crippen LogP contribution < -0.4 is 14.8 Å². The molecule has 1 amide bonds. The van der Waals surface area contributed by atoms with Crippen molar-refractivity contribution in [2.75, 3.05) is 7.11 Å². The summed E-state index contributed by atoms with van der Waals surface area (Å²) in [5.41, 5.74) is 2.62. The van der Waals surface area contributed by atoms with Crippen molar-refractivity contribution in [3.05, 3.63) is 90.1 Å². The largest absolute Gasteiger partial charge is 0.497 e. The van der Waals surface area contributed by atoms with Crippen molar-refractivity contribution in [2.45, 2.75) is 26.0 Å². The highest BCUT2D eigenvalue weighted by molar-refractivity contribution is 5.76. The molecular formula is C25H24N4O4. The number of hydrogen-bond donors (Lipinski definition) is 1. The highest BCUT2D eigenvalue weighted by Crippen LogP contribution is 2.20. The fraction of sp³-hybridized carbons (Fsp3) is 0.200. The van der Waals surface area contributed by atoms with Crippen LogP contribution in [0.2, 0.25) is 0 Å². The van der Waals surface area contributed by atoms with Gasteiger partial charge in [-0.15, -0.1) is 0 Å². The summed E-state index contributed by atoms with van der Waals surface area (Å²) >= 11 is 0. The maximum absolute atomic E-state index is 12.3. The second-order valence-corrected chi connectivity index (χ2v) is 7.27. The first kappa shape index (κ1) is 22.0. The fourth-order valence-corrected chi connectivity index (χ4v) is 3.11. The summed E-state index contributed by atoms with van der Waals surface area (Å²) in [5.74, 6) is 2.28. The molecule has 2 heterocycles. The maximum Gasteiger partial charge on any atom is 0.227 e. The molecule has 8 heteroatoms. The number of rotatable bonds is 10. The highest BCUT2D eigenvalue weighted by Gasteiger charge is 2.11. The molecule has 0 saturated carbocycles. The molecule has 33 heavy (non-hydrogen) atoms. The minimum atomic E-state index is -0.0981. The first-order valence-electron chi connectivity index (χ1n) is 10.5. The van der Waals surface area contributed by atoms with Crippen molar-refractivity contribution in [1.82, 2.24) is 20.4 Å². The summed E-state index contributed by atoms with van der Waals surface area (Å²) in [6.45, 7) is 0.792. The van der Waals surface area contributed by atoms with Gasteiger partial charge in [-0.3, -0.25) is 9.78 Å². The third-order valence-electron chi connectivity index (χ3n) is 4.88. The minimum Gasteiger partial charge on any atom is -0.497 e. The topological polar surface area (TPSA) is 99.4 Å². The van der Waals surface area contributed by atoms with E-state index in [9.17, 15) is 4.79 Å². The lowest BCUT2D eigenvalue weighted by Crippen LogP contribution is -2.23.